The predicted molar refractivity (Wildman–Crippen MR) is 107 cm³/mol. The molecule has 0 spiro atoms. The Balaban J connectivity index is 0.00000338. The van der Waals surface area contributed by atoms with E-state index in [9.17, 15) is 9.59 Å². The number of nitrogens with one attached hydrogen (secondary N) is 1. The van der Waals surface area contributed by atoms with Crippen molar-refractivity contribution < 1.29 is 9.59 Å². The minimum Gasteiger partial charge on any atom is -0.346 e. The van der Waals surface area contributed by atoms with Gasteiger partial charge in [-0.25, -0.2) is 0 Å². The largest absolute Gasteiger partial charge is 0.346 e. The quantitative estimate of drug-likeness (QED) is 0.761. The Bertz CT molecular complexity index is 557. The number of piperidine rings is 1. The maximum Gasteiger partial charge on any atom is 0.241 e. The molecule has 0 radical (unpaired) electrons. The first-order chi connectivity index (χ1) is 12.0. The topological polar surface area (TPSA) is 75.4 Å². The molecule has 1 aliphatic heterocycles. The summed E-state index contributed by atoms with van der Waals surface area (Å²) in [4.78, 5) is 25.9. The molecule has 2 rings (SSSR count). The molecule has 0 saturated carbocycles. The standard InChI is InChI=1S/C20H31N3O2.ClH/c1-15(2)19(21)20(25)22-14-18(24)23-12-10-17(11-13-23)9-8-16-6-4-3-5-7-16;/h3-7,15,17,19H,8-14,21H2,1-2H3,(H,22,25);1H/t19-;/m0./s1. The Morgan fingerprint density at radius 3 is 2.38 bits per heavy atom. The van der Waals surface area contributed by atoms with Crippen molar-refractivity contribution >= 4 is 24.2 Å². The summed E-state index contributed by atoms with van der Waals surface area (Å²) in [5.41, 5.74) is 7.17. The second kappa shape index (κ2) is 11.2. The zero-order valence-electron chi connectivity index (χ0n) is 15.8. The van der Waals surface area contributed by atoms with Gasteiger partial charge in [-0.3, -0.25) is 9.59 Å². The highest BCUT2D eigenvalue weighted by molar-refractivity contribution is 5.87. The molecule has 1 atom stereocenters. The first-order valence-electron chi connectivity index (χ1n) is 9.32. The third kappa shape index (κ3) is 6.96. The summed E-state index contributed by atoms with van der Waals surface area (Å²) in [7, 11) is 0. The summed E-state index contributed by atoms with van der Waals surface area (Å²) in [6.45, 7) is 5.40. The predicted octanol–water partition coefficient (Wildman–Crippen LogP) is 2.38. The molecule has 0 bridgehead atoms. The lowest BCUT2D eigenvalue weighted by molar-refractivity contribution is -0.134. The summed E-state index contributed by atoms with van der Waals surface area (Å²) in [6, 6.07) is 9.98. The van der Waals surface area contributed by atoms with Crippen molar-refractivity contribution in [3.63, 3.8) is 0 Å². The molecule has 146 valence electrons. The van der Waals surface area contributed by atoms with Gasteiger partial charge in [0.25, 0.3) is 0 Å². The van der Waals surface area contributed by atoms with Crippen molar-refractivity contribution in [1.29, 1.82) is 0 Å². The minimum atomic E-state index is -0.559. The van der Waals surface area contributed by atoms with Crippen molar-refractivity contribution in [2.45, 2.75) is 45.6 Å². The Labute approximate surface area is 163 Å². The number of hydrogen-bond donors (Lipinski definition) is 2. The van der Waals surface area contributed by atoms with Crippen LogP contribution in [-0.2, 0) is 16.0 Å². The van der Waals surface area contributed by atoms with Crippen LogP contribution in [0, 0.1) is 11.8 Å². The Kier molecular flexibility index (Phi) is 9.66. The van der Waals surface area contributed by atoms with Crippen LogP contribution in [0.15, 0.2) is 30.3 Å². The number of amides is 2. The molecule has 1 fully saturated rings. The Morgan fingerprint density at radius 1 is 1.19 bits per heavy atom. The highest BCUT2D eigenvalue weighted by Gasteiger charge is 2.24. The molecule has 1 saturated heterocycles. The van der Waals surface area contributed by atoms with Gasteiger partial charge in [-0.2, -0.15) is 0 Å². The zero-order chi connectivity index (χ0) is 18.2. The second-order valence-electron chi connectivity index (χ2n) is 7.34. The van der Waals surface area contributed by atoms with E-state index in [0.29, 0.717) is 5.92 Å². The number of rotatable bonds is 7. The van der Waals surface area contributed by atoms with Crippen molar-refractivity contribution in [2.24, 2.45) is 17.6 Å². The summed E-state index contributed by atoms with van der Waals surface area (Å²) < 4.78 is 0. The first kappa shape index (κ1) is 22.5. The average Bonchev–Trinajstić information content (AvgIpc) is 2.64. The van der Waals surface area contributed by atoms with Crippen LogP contribution in [-0.4, -0.2) is 42.4 Å². The first-order valence-corrected chi connectivity index (χ1v) is 9.32. The van der Waals surface area contributed by atoms with E-state index >= 15 is 0 Å². The van der Waals surface area contributed by atoms with Crippen LogP contribution < -0.4 is 11.1 Å². The van der Waals surface area contributed by atoms with Crippen LogP contribution in [0.2, 0.25) is 0 Å². The molecule has 6 heteroatoms. The third-order valence-corrected chi connectivity index (χ3v) is 5.09. The Hall–Kier alpha value is -1.59. The number of likely N-dealkylation sites (tertiary alicyclic amines) is 1. The second-order valence-corrected chi connectivity index (χ2v) is 7.34. The number of halogens is 1. The maximum atomic E-state index is 12.3. The molecular weight excluding hydrogens is 350 g/mol. The molecule has 26 heavy (non-hydrogen) atoms. The summed E-state index contributed by atoms with van der Waals surface area (Å²) in [5.74, 6) is 0.482. The van der Waals surface area contributed by atoms with Gasteiger partial charge in [0.15, 0.2) is 0 Å². The van der Waals surface area contributed by atoms with E-state index in [-0.39, 0.29) is 36.7 Å². The average molecular weight is 382 g/mol. The van der Waals surface area contributed by atoms with Crippen LogP contribution in [0.3, 0.4) is 0 Å². The lowest BCUT2D eigenvalue weighted by Crippen LogP contribution is -2.49. The lowest BCUT2D eigenvalue weighted by atomic mass is 9.90. The minimum absolute atomic E-state index is 0. The number of nitrogens with zero attached hydrogens (tertiary/aromatic N) is 1. The summed E-state index contributed by atoms with van der Waals surface area (Å²) in [5, 5.41) is 2.66. The van der Waals surface area contributed by atoms with E-state index in [1.165, 1.54) is 12.0 Å². The van der Waals surface area contributed by atoms with Gasteiger partial charge >= 0.3 is 0 Å². The van der Waals surface area contributed by atoms with Crippen molar-refractivity contribution in [1.82, 2.24) is 10.2 Å². The van der Waals surface area contributed by atoms with Crippen LogP contribution in [0.5, 0.6) is 0 Å². The normalized spacial score (nSPS) is 16.1. The summed E-state index contributed by atoms with van der Waals surface area (Å²) >= 11 is 0. The van der Waals surface area contributed by atoms with E-state index < -0.39 is 6.04 Å². The molecule has 3 N–H and O–H groups in total. The molecule has 2 amide bonds. The summed E-state index contributed by atoms with van der Waals surface area (Å²) in [6.07, 6.45) is 4.35. The van der Waals surface area contributed by atoms with Gasteiger partial charge in [-0.1, -0.05) is 44.2 Å². The smallest absolute Gasteiger partial charge is 0.241 e. The number of carbonyl (C=O) groups is 2. The highest BCUT2D eigenvalue weighted by atomic mass is 35.5. The van der Waals surface area contributed by atoms with Gasteiger partial charge < -0.3 is 16.0 Å². The number of aryl methyl sites for hydroxylation is 1. The van der Waals surface area contributed by atoms with E-state index in [0.717, 1.165) is 32.4 Å². The molecule has 1 aliphatic rings. The molecule has 0 unspecified atom stereocenters. The molecule has 5 nitrogen and oxygen atoms in total. The third-order valence-electron chi connectivity index (χ3n) is 5.09. The number of carbonyl (C=O) groups excluding carboxylic acids is 2. The van der Waals surface area contributed by atoms with Crippen molar-refractivity contribution in [3.8, 4) is 0 Å². The van der Waals surface area contributed by atoms with E-state index in [1.54, 1.807) is 0 Å². The van der Waals surface area contributed by atoms with Crippen molar-refractivity contribution in [2.75, 3.05) is 19.6 Å². The highest BCUT2D eigenvalue weighted by Crippen LogP contribution is 2.22. The lowest BCUT2D eigenvalue weighted by Gasteiger charge is -2.32. The monoisotopic (exact) mass is 381 g/mol. The molecular formula is C20H32ClN3O2. The SMILES string of the molecule is CC(C)[C@H](N)C(=O)NCC(=O)N1CCC(CCc2ccccc2)CC1.Cl. The van der Waals surface area contributed by atoms with Crippen molar-refractivity contribution in [3.05, 3.63) is 35.9 Å². The Morgan fingerprint density at radius 2 is 1.81 bits per heavy atom. The molecule has 1 heterocycles. The fourth-order valence-corrected chi connectivity index (χ4v) is 3.18. The number of benzene rings is 1. The molecule has 0 aliphatic carbocycles. The van der Waals surface area contributed by atoms with Gasteiger partial charge in [-0.15, -0.1) is 12.4 Å². The molecule has 1 aromatic carbocycles. The van der Waals surface area contributed by atoms with E-state index in [2.05, 4.69) is 29.6 Å². The van der Waals surface area contributed by atoms with Gasteiger partial charge in [0.1, 0.15) is 0 Å². The van der Waals surface area contributed by atoms with Gasteiger partial charge in [-0.05, 0) is 43.1 Å². The van der Waals surface area contributed by atoms with Gasteiger partial charge in [0, 0.05) is 13.1 Å². The van der Waals surface area contributed by atoms with Crippen LogP contribution in [0.4, 0.5) is 0 Å². The zero-order valence-corrected chi connectivity index (χ0v) is 16.6. The molecule has 0 aromatic heterocycles. The fraction of sp³-hybridized carbons (Fsp3) is 0.600. The fourth-order valence-electron chi connectivity index (χ4n) is 3.18. The van der Waals surface area contributed by atoms with Gasteiger partial charge in [0.2, 0.25) is 11.8 Å². The number of hydrogen-bond acceptors (Lipinski definition) is 3. The van der Waals surface area contributed by atoms with E-state index in [4.69, 9.17) is 5.73 Å². The van der Waals surface area contributed by atoms with Crippen LogP contribution in [0.25, 0.3) is 0 Å². The van der Waals surface area contributed by atoms with E-state index in [1.807, 2.05) is 24.8 Å². The number of nitrogens with two attached hydrogens (primary N) is 1. The molecule has 1 aromatic rings. The maximum absolute atomic E-state index is 12.3. The van der Waals surface area contributed by atoms with Crippen LogP contribution >= 0.6 is 12.4 Å². The van der Waals surface area contributed by atoms with Crippen LogP contribution in [0.1, 0.15) is 38.7 Å². The van der Waals surface area contributed by atoms with Gasteiger partial charge in [0.05, 0.1) is 12.6 Å².